The molecule has 17 rings (SSSR count). The number of likely N-dealkylation sites (tertiary alicyclic amines) is 1. The Morgan fingerprint density at radius 3 is 1.11 bits per heavy atom. The lowest BCUT2D eigenvalue weighted by Crippen LogP contribution is -2.53. The van der Waals surface area contributed by atoms with E-state index in [-0.39, 0.29) is 28.5 Å². The fourth-order valence-corrected chi connectivity index (χ4v) is 22.3. The van der Waals surface area contributed by atoms with E-state index in [2.05, 4.69) is 169 Å². The maximum atomic E-state index is 13.2. The Morgan fingerprint density at radius 1 is 0.353 bits per heavy atom. The van der Waals surface area contributed by atoms with Crippen molar-refractivity contribution in [2.24, 2.45) is 5.73 Å². The van der Waals surface area contributed by atoms with Gasteiger partial charge >= 0.3 is 0 Å². The summed E-state index contributed by atoms with van der Waals surface area (Å²) in [5, 5.41) is 16.5. The Kier molecular flexibility index (Phi) is 41.0. The van der Waals surface area contributed by atoms with Crippen LogP contribution < -0.4 is 32.3 Å². The zero-order valence-electron chi connectivity index (χ0n) is 81.7. The average molecular weight is 1810 g/mol. The molecule has 8 aromatic rings. The summed E-state index contributed by atoms with van der Waals surface area (Å²) in [6.07, 6.45) is 32.2. The second-order valence-electron chi connectivity index (χ2n) is 38.2. The highest BCUT2D eigenvalue weighted by atomic mass is 19.1. The van der Waals surface area contributed by atoms with Gasteiger partial charge < -0.3 is 26.4 Å². The molecule has 1 aliphatic heterocycles. The van der Waals surface area contributed by atoms with Crippen LogP contribution in [0.1, 0.15) is 302 Å². The summed E-state index contributed by atoms with van der Waals surface area (Å²) < 4.78 is 18.3. The van der Waals surface area contributed by atoms with Crippen LogP contribution in [0, 0.1) is 19.7 Å². The van der Waals surface area contributed by atoms with Crippen molar-refractivity contribution >= 4 is 46.3 Å². The van der Waals surface area contributed by atoms with Crippen molar-refractivity contribution in [1.82, 2.24) is 36.4 Å². The van der Waals surface area contributed by atoms with Crippen molar-refractivity contribution in [3.63, 3.8) is 0 Å². The van der Waals surface area contributed by atoms with E-state index in [1.165, 1.54) is 53.6 Å². The molecule has 0 radical (unpaired) electrons. The number of carbonyl (C=O) groups excluding carboxylic acids is 8. The molecule has 8 aliphatic carbocycles. The second kappa shape index (κ2) is 51.6. The summed E-state index contributed by atoms with van der Waals surface area (Å²) in [7, 11) is 7.24. The van der Waals surface area contributed by atoms with Crippen LogP contribution in [0.2, 0.25) is 0 Å². The van der Waals surface area contributed by atoms with Crippen LogP contribution in [0.3, 0.4) is 0 Å². The second-order valence-corrected chi connectivity index (χ2v) is 38.2. The molecule has 1 heterocycles. The van der Waals surface area contributed by atoms with E-state index in [0.717, 1.165) is 220 Å². The lowest BCUT2D eigenvalue weighted by molar-refractivity contribution is -0.135. The van der Waals surface area contributed by atoms with Crippen molar-refractivity contribution in [3.05, 3.63) is 286 Å². The molecule has 8 aromatic carbocycles. The zero-order chi connectivity index (χ0) is 95.4. The average Bonchev–Trinajstić information content (AvgIpc) is 1.72. The van der Waals surface area contributed by atoms with Crippen LogP contribution in [-0.2, 0) is 87.4 Å². The molecule has 133 heavy (non-hydrogen) atoms. The third-order valence-corrected chi connectivity index (χ3v) is 29.6. The van der Waals surface area contributed by atoms with Crippen LogP contribution in [-0.4, -0.2) is 130 Å². The Bertz CT molecular complexity index is 4830. The summed E-state index contributed by atoms with van der Waals surface area (Å²) in [5.74, 6) is 2.27. The molecule has 9 fully saturated rings. The van der Waals surface area contributed by atoms with Gasteiger partial charge in [0.15, 0.2) is 46.3 Å². The molecule has 8 saturated carbocycles. The number of nitrogens with zero attached hydrogens (tertiary/aromatic N) is 2. The summed E-state index contributed by atoms with van der Waals surface area (Å²) >= 11 is 0. The number of nitrogens with one attached hydrogen (secondary N) is 5. The lowest BCUT2D eigenvalue weighted by Gasteiger charge is -2.44. The summed E-state index contributed by atoms with van der Waals surface area (Å²) in [6, 6.07) is 74.0. The smallest absolute Gasteiger partial charge is 0.157 e. The van der Waals surface area contributed by atoms with Crippen molar-refractivity contribution < 1.29 is 47.5 Å². The molecule has 9 aliphatic rings. The first-order chi connectivity index (χ1) is 64.3. The summed E-state index contributed by atoms with van der Waals surface area (Å²) in [4.78, 5) is 103. The highest BCUT2D eigenvalue weighted by Crippen LogP contribution is 2.45. The minimum Gasteiger partial charge on any atom is -0.383 e. The van der Waals surface area contributed by atoms with Crippen LogP contribution in [0.25, 0.3) is 0 Å². The molecule has 18 heteroatoms. The molecule has 0 amide bonds. The largest absolute Gasteiger partial charge is 0.383 e. The molecule has 1 saturated heterocycles. The van der Waals surface area contributed by atoms with E-state index in [9.17, 15) is 42.7 Å². The molecule has 8 unspecified atom stereocenters. The number of likely N-dealkylation sites (N-methyl/N-ethyl adjacent to an activating group) is 4. The number of ketones is 8. The Balaban J connectivity index is 0.000000158. The molecule has 716 valence electrons. The van der Waals surface area contributed by atoms with Gasteiger partial charge in [-0.25, -0.2) is 4.39 Å². The first-order valence-corrected chi connectivity index (χ1v) is 50.2. The minimum absolute atomic E-state index is 0.173. The molecule has 17 nitrogen and oxygen atoms in total. The molecular weight excluding hydrogens is 1660 g/mol. The highest BCUT2D eigenvalue weighted by molar-refractivity contribution is 5.95. The third-order valence-electron chi connectivity index (χ3n) is 29.6. The summed E-state index contributed by atoms with van der Waals surface area (Å²) in [5.41, 5.74) is 13.4. The fraction of sp³-hybridized carbons (Fsp3) is 0.513. The van der Waals surface area contributed by atoms with Crippen LogP contribution in [0.15, 0.2) is 224 Å². The molecule has 7 N–H and O–H groups in total. The molecule has 0 spiro atoms. The number of hydrogen-bond acceptors (Lipinski definition) is 17. The number of ether oxygens (including phenoxy) is 1. The molecule has 0 aromatic heterocycles. The maximum Gasteiger partial charge on any atom is 0.157 e. The van der Waals surface area contributed by atoms with Crippen LogP contribution in [0.4, 0.5) is 4.39 Å². The van der Waals surface area contributed by atoms with Crippen molar-refractivity contribution in [2.75, 3.05) is 67.6 Å². The number of benzene rings is 8. The summed E-state index contributed by atoms with van der Waals surface area (Å²) in [6.45, 7) is 18.0. The third kappa shape index (κ3) is 25.7. The Morgan fingerprint density at radius 2 is 0.707 bits per heavy atom. The predicted molar refractivity (Wildman–Crippen MR) is 535 cm³/mol. The van der Waals surface area contributed by atoms with Gasteiger partial charge in [0.05, 0.1) is 6.61 Å². The van der Waals surface area contributed by atoms with Gasteiger partial charge in [-0.1, -0.05) is 289 Å². The quantitative estimate of drug-likeness (QED) is 0.0367. The van der Waals surface area contributed by atoms with Gasteiger partial charge in [0.25, 0.3) is 0 Å². The van der Waals surface area contributed by atoms with Crippen LogP contribution >= 0.6 is 0 Å². The number of aryl methyl sites for hydroxylation is 2. The van der Waals surface area contributed by atoms with Crippen LogP contribution in [0.5, 0.6) is 0 Å². The monoisotopic (exact) mass is 1810 g/mol. The van der Waals surface area contributed by atoms with Crippen molar-refractivity contribution in [3.8, 4) is 0 Å². The first-order valence-electron chi connectivity index (χ1n) is 50.2. The van der Waals surface area contributed by atoms with Gasteiger partial charge in [0, 0.05) is 71.1 Å². The van der Waals surface area contributed by atoms with E-state index in [1.54, 1.807) is 20.2 Å². The topological polar surface area (TPSA) is 238 Å². The number of Topliss-reactive ketones (excluding diaryl/α,β-unsaturated/α-hetero) is 8. The van der Waals surface area contributed by atoms with Gasteiger partial charge in [-0.05, 0) is 247 Å². The van der Waals surface area contributed by atoms with Gasteiger partial charge in [-0.15, -0.1) is 0 Å². The Labute approximate surface area is 794 Å². The number of halogens is 1. The van der Waals surface area contributed by atoms with Crippen molar-refractivity contribution in [1.29, 1.82) is 0 Å². The standard InChI is InChI=1S/C16H21NO.C16H23NO.C15H21NO2.C15H21NO.2C14H19NO.C13H16FNO.C12H15NO/c18-15-10-4-5-11-16(15,17-12-6-7-13-17)14-8-2-1-3-9-14;1-3-17(4-2)16(13-9-8-12-15(16)18)14-10-6-5-7-11-14;1-18-12-11-16-15(10-6-5-9-14(15)17)13-7-3-2-4-8-13;1-12(2)16-15(11-7-6-10-14(15)17)13-8-4-3-5-9-13;1-11-6-5-7-12(10-11)14(15-2)9-4-3-8-13(14)16;1-11-6-8-12(9-7-11)14(15-2)10-4-3-5-13(14)16;1-15-13(8-3-2-7-12(13)16)10-5-4-6-11(14)9-10;13-12(9-5-4-8-11(12)14)10-6-2-1-3-7-10/h1-3,8-9H,4-7,10-13H2;5-7,10-11H,3-4,8-9,12-13H2,1-2H3;2-4,7-8,16H,5-6,9-12H2,1H3;3-5,8-9,12,16H,6-7,10-11H2,1-2H3;5-7,10,15H,3-4,8-9H2,1-2H3;6-9,15H,3-5,10H2,1-2H3;4-6,9,15H,2-3,7-8H2,1H3;1-3,6-7H,4-5,8-9,13H2. The molecule has 0 bridgehead atoms. The number of hydrogen-bond donors (Lipinski definition) is 6. The lowest BCUT2D eigenvalue weighted by atomic mass is 9.74. The molecular formula is C115H155FN8O9. The van der Waals surface area contributed by atoms with E-state index in [0.29, 0.717) is 92.4 Å². The number of carbonyl (C=O) groups is 8. The number of methoxy groups -OCH3 is 1. The SMILES string of the molecule is CC(C)NC1(c2ccccc2)CCCCC1=O.CCN(CC)C1(c2ccccc2)CCCCC1=O.CNC1(c2ccc(C)cc2)CCCCC1=O.CNC1(c2cccc(C)c2)CCCCC1=O.CNC1(c2cccc(F)c2)CCCCC1=O.COCCNC1(c2ccccc2)CCCCC1=O.NC1(c2ccccc2)CCCCC1=O.O=C1CCCCC1(c1ccccc1)N1CCCC1. The van der Waals surface area contributed by atoms with Gasteiger partial charge in [0.1, 0.15) is 50.1 Å². The van der Waals surface area contributed by atoms with E-state index >= 15 is 0 Å². The molecule has 8 atom stereocenters. The number of nitrogens with two attached hydrogens (primary N) is 1. The highest BCUT2D eigenvalue weighted by Gasteiger charge is 2.50. The number of rotatable bonds is 21. The maximum absolute atomic E-state index is 13.2. The van der Waals surface area contributed by atoms with E-state index < -0.39 is 33.2 Å². The Hall–Kier alpha value is -9.31. The fourth-order valence-electron chi connectivity index (χ4n) is 22.3. The van der Waals surface area contributed by atoms with Gasteiger partial charge in [0.2, 0.25) is 0 Å². The first kappa shape index (κ1) is 106. The zero-order valence-corrected chi connectivity index (χ0v) is 81.7. The normalized spacial score (nSPS) is 26.0. The van der Waals surface area contributed by atoms with Gasteiger partial charge in [-0.2, -0.15) is 0 Å². The van der Waals surface area contributed by atoms with E-state index in [4.69, 9.17) is 10.5 Å². The minimum atomic E-state index is -0.709. The van der Waals surface area contributed by atoms with Crippen molar-refractivity contribution in [2.45, 2.75) is 310 Å². The van der Waals surface area contributed by atoms with E-state index in [1.807, 2.05) is 129 Å². The van der Waals surface area contributed by atoms with Gasteiger partial charge in [-0.3, -0.25) is 58.8 Å². The predicted octanol–water partition coefficient (Wildman–Crippen LogP) is 21.2.